The summed E-state index contributed by atoms with van der Waals surface area (Å²) in [5.74, 6) is -0.116. The smallest absolute Gasteiger partial charge is 0.137 e. The highest BCUT2D eigenvalue weighted by Gasteiger charge is 2.31. The molecule has 4 nitrogen and oxygen atoms in total. The molecule has 6 rings (SSSR count). The largest absolute Gasteiger partial charge is 0.358 e. The highest BCUT2D eigenvalue weighted by atomic mass is 32.2. The number of nitrogens with zero attached hydrogens (tertiary/aromatic N) is 3. The monoisotopic (exact) mass is 536 g/mol. The minimum absolute atomic E-state index is 0.116. The third kappa shape index (κ3) is 4.52. The molecule has 0 amide bonds. The molecule has 2 aliphatic rings. The average Bonchev–Trinajstić information content (AvgIpc) is 3.20. The zero-order chi connectivity index (χ0) is 25.8. The standard InChI is InChI=1S/C30H37FN4S2/c1-18(2)37-19-6-7-20-21-8-11-33(3)12-10-27(21)35(28(20)14-19)30-16-23-22-15-24(31)29(36-5)17-26(22)32-25(23)9-13-34(30)4/h6-7,14-15,17-18,30,32H,8-13,16H2,1-5H3. The Labute approximate surface area is 228 Å². The minimum Gasteiger partial charge on any atom is -0.358 e. The van der Waals surface area contributed by atoms with Crippen LogP contribution in [0.2, 0.25) is 0 Å². The van der Waals surface area contributed by atoms with Crippen molar-refractivity contribution in [1.82, 2.24) is 19.4 Å². The lowest BCUT2D eigenvalue weighted by Crippen LogP contribution is -2.32. The van der Waals surface area contributed by atoms with Crippen LogP contribution < -0.4 is 0 Å². The first kappa shape index (κ1) is 25.4. The van der Waals surface area contributed by atoms with Crippen LogP contribution in [0.3, 0.4) is 0 Å². The second kappa shape index (κ2) is 9.99. The van der Waals surface area contributed by atoms with Gasteiger partial charge in [0.05, 0.1) is 11.7 Å². The van der Waals surface area contributed by atoms with Crippen molar-refractivity contribution in [3.05, 3.63) is 58.7 Å². The van der Waals surface area contributed by atoms with Gasteiger partial charge in [0.15, 0.2) is 0 Å². The van der Waals surface area contributed by atoms with E-state index >= 15 is 0 Å². The number of H-pyrrole nitrogens is 1. The fraction of sp³-hybridized carbons (Fsp3) is 0.467. The van der Waals surface area contributed by atoms with Crippen LogP contribution in [-0.2, 0) is 25.7 Å². The molecule has 1 unspecified atom stereocenters. The molecule has 4 aromatic rings. The molecule has 0 saturated carbocycles. The van der Waals surface area contributed by atoms with E-state index in [1.807, 2.05) is 24.1 Å². The number of aromatic amines is 1. The normalized spacial score (nSPS) is 19.4. The van der Waals surface area contributed by atoms with Crippen molar-refractivity contribution in [2.24, 2.45) is 0 Å². The number of thioether (sulfide) groups is 2. The number of nitrogens with one attached hydrogen (secondary N) is 1. The van der Waals surface area contributed by atoms with Gasteiger partial charge in [0, 0.05) is 81.6 Å². The Bertz CT molecular complexity index is 1470. The maximum absolute atomic E-state index is 14.9. The first-order valence-electron chi connectivity index (χ1n) is 13.4. The average molecular weight is 537 g/mol. The maximum atomic E-state index is 14.9. The van der Waals surface area contributed by atoms with Gasteiger partial charge in [-0.25, -0.2) is 4.39 Å². The van der Waals surface area contributed by atoms with Crippen LogP contribution in [0.15, 0.2) is 40.1 Å². The zero-order valence-corrected chi connectivity index (χ0v) is 24.2. The van der Waals surface area contributed by atoms with E-state index in [1.165, 1.54) is 50.1 Å². The molecule has 37 heavy (non-hydrogen) atoms. The third-order valence-electron chi connectivity index (χ3n) is 8.21. The minimum atomic E-state index is -0.116. The Morgan fingerprint density at radius 2 is 1.78 bits per heavy atom. The van der Waals surface area contributed by atoms with E-state index in [-0.39, 0.29) is 12.0 Å². The van der Waals surface area contributed by atoms with Gasteiger partial charge >= 0.3 is 0 Å². The summed E-state index contributed by atoms with van der Waals surface area (Å²) in [6, 6.07) is 10.9. The highest BCUT2D eigenvalue weighted by molar-refractivity contribution is 8.00. The van der Waals surface area contributed by atoms with Crippen molar-refractivity contribution in [2.45, 2.75) is 60.7 Å². The van der Waals surface area contributed by atoms with E-state index in [2.05, 4.69) is 65.5 Å². The molecule has 1 atom stereocenters. The van der Waals surface area contributed by atoms with Crippen LogP contribution in [0.4, 0.5) is 4.39 Å². The van der Waals surface area contributed by atoms with Crippen LogP contribution >= 0.6 is 23.5 Å². The number of benzene rings is 2. The number of likely N-dealkylation sites (N-methyl/N-ethyl adjacent to an activating group) is 2. The van der Waals surface area contributed by atoms with Crippen LogP contribution in [0, 0.1) is 5.82 Å². The van der Waals surface area contributed by atoms with Crippen molar-refractivity contribution in [3.8, 4) is 0 Å². The summed E-state index contributed by atoms with van der Waals surface area (Å²) in [7, 11) is 4.50. The van der Waals surface area contributed by atoms with Gasteiger partial charge in [0.2, 0.25) is 0 Å². The summed E-state index contributed by atoms with van der Waals surface area (Å²) in [6.45, 7) is 7.67. The second-order valence-corrected chi connectivity index (χ2v) is 13.5. The molecule has 0 saturated heterocycles. The van der Waals surface area contributed by atoms with E-state index in [4.69, 9.17) is 0 Å². The number of aromatic nitrogens is 2. The van der Waals surface area contributed by atoms with E-state index in [1.54, 1.807) is 6.07 Å². The molecule has 0 radical (unpaired) electrons. The van der Waals surface area contributed by atoms with Crippen LogP contribution in [0.1, 0.15) is 42.5 Å². The molecule has 0 spiro atoms. The Balaban J connectivity index is 1.53. The van der Waals surface area contributed by atoms with Crippen molar-refractivity contribution in [3.63, 3.8) is 0 Å². The number of hydrogen-bond acceptors (Lipinski definition) is 4. The molecule has 2 aliphatic heterocycles. The summed E-state index contributed by atoms with van der Waals surface area (Å²) < 4.78 is 17.6. The molecule has 0 fully saturated rings. The first-order valence-corrected chi connectivity index (χ1v) is 15.5. The van der Waals surface area contributed by atoms with Gasteiger partial charge in [-0.15, -0.1) is 23.5 Å². The topological polar surface area (TPSA) is 27.2 Å². The number of rotatable bonds is 4. The molecule has 7 heteroatoms. The molecule has 0 aliphatic carbocycles. The predicted octanol–water partition coefficient (Wildman–Crippen LogP) is 6.74. The molecule has 0 bridgehead atoms. The number of hydrogen-bond donors (Lipinski definition) is 1. The van der Waals surface area contributed by atoms with Crippen molar-refractivity contribution >= 4 is 45.3 Å². The Morgan fingerprint density at radius 3 is 2.57 bits per heavy atom. The van der Waals surface area contributed by atoms with Crippen LogP contribution in [0.25, 0.3) is 21.8 Å². The third-order valence-corrected chi connectivity index (χ3v) is 9.96. The Morgan fingerprint density at radius 1 is 0.973 bits per heavy atom. The van der Waals surface area contributed by atoms with Gasteiger partial charge in [-0.3, -0.25) is 4.90 Å². The SMILES string of the molecule is CSc1cc2[nH]c3c(c2cc1F)CC(n1c2c(c4ccc(SC(C)C)cc41)CCN(C)CC2)N(C)CC3. The lowest BCUT2D eigenvalue weighted by molar-refractivity contribution is 0.185. The van der Waals surface area contributed by atoms with Gasteiger partial charge in [0.25, 0.3) is 0 Å². The maximum Gasteiger partial charge on any atom is 0.137 e. The lowest BCUT2D eigenvalue weighted by atomic mass is 10.0. The second-order valence-electron chi connectivity index (χ2n) is 11.0. The van der Waals surface area contributed by atoms with Crippen LogP contribution in [-0.4, -0.2) is 64.6 Å². The molecule has 2 aromatic heterocycles. The quantitative estimate of drug-likeness (QED) is 0.292. The lowest BCUT2D eigenvalue weighted by Gasteiger charge is -2.30. The van der Waals surface area contributed by atoms with E-state index in [0.717, 1.165) is 56.2 Å². The van der Waals surface area contributed by atoms with Gasteiger partial charge < -0.3 is 14.5 Å². The summed E-state index contributed by atoms with van der Waals surface area (Å²) >= 11 is 3.41. The zero-order valence-electron chi connectivity index (χ0n) is 22.5. The summed E-state index contributed by atoms with van der Waals surface area (Å²) in [4.78, 5) is 10.7. The molecular weight excluding hydrogens is 499 g/mol. The molecule has 2 aromatic carbocycles. The van der Waals surface area contributed by atoms with Crippen molar-refractivity contribution < 1.29 is 4.39 Å². The molecule has 196 valence electrons. The summed E-state index contributed by atoms with van der Waals surface area (Å²) in [5, 5.41) is 3.00. The highest BCUT2D eigenvalue weighted by Crippen LogP contribution is 2.40. The van der Waals surface area contributed by atoms with Crippen LogP contribution in [0.5, 0.6) is 0 Å². The predicted molar refractivity (Wildman–Crippen MR) is 157 cm³/mol. The van der Waals surface area contributed by atoms with Crippen molar-refractivity contribution in [1.29, 1.82) is 0 Å². The van der Waals surface area contributed by atoms with Gasteiger partial charge in [-0.2, -0.15) is 0 Å². The Hall–Kier alpha value is -1.93. The van der Waals surface area contributed by atoms with E-state index in [9.17, 15) is 4.39 Å². The fourth-order valence-electron chi connectivity index (χ4n) is 6.33. The fourth-order valence-corrected chi connectivity index (χ4v) is 7.69. The molecule has 4 heterocycles. The molecular formula is C30H37FN4S2. The number of fused-ring (bicyclic) bond motifs is 6. The first-order chi connectivity index (χ1) is 17.8. The van der Waals surface area contributed by atoms with Crippen molar-refractivity contribution in [2.75, 3.05) is 40.0 Å². The summed E-state index contributed by atoms with van der Waals surface area (Å²) in [5.41, 5.74) is 7.98. The van der Waals surface area contributed by atoms with E-state index < -0.39 is 0 Å². The Kier molecular flexibility index (Phi) is 6.85. The van der Waals surface area contributed by atoms with Gasteiger partial charge in [0.1, 0.15) is 5.82 Å². The number of halogens is 1. The summed E-state index contributed by atoms with van der Waals surface area (Å²) in [6.07, 6.45) is 6.10. The van der Waals surface area contributed by atoms with E-state index in [0.29, 0.717) is 10.1 Å². The van der Waals surface area contributed by atoms with Gasteiger partial charge in [-0.1, -0.05) is 19.9 Å². The van der Waals surface area contributed by atoms with Gasteiger partial charge in [-0.05, 0) is 62.2 Å². The molecule has 1 N–H and O–H groups in total.